The van der Waals surface area contributed by atoms with Crippen LogP contribution in [0.3, 0.4) is 0 Å². The molecule has 0 bridgehead atoms. The fourth-order valence-corrected chi connectivity index (χ4v) is 3.43. The summed E-state index contributed by atoms with van der Waals surface area (Å²) in [5.74, 6) is -0.428. The average molecular weight is 462 g/mol. The lowest BCUT2D eigenvalue weighted by Crippen LogP contribution is -2.23. The van der Waals surface area contributed by atoms with Crippen molar-refractivity contribution in [3.63, 3.8) is 0 Å². The minimum atomic E-state index is -0.617. The van der Waals surface area contributed by atoms with Gasteiger partial charge in [0.1, 0.15) is 6.10 Å². The summed E-state index contributed by atoms with van der Waals surface area (Å²) in [6.45, 7) is 5.79. The molecule has 0 saturated carbocycles. The number of allylic oxidation sites excluding steroid dienone is 5. The van der Waals surface area contributed by atoms with Crippen molar-refractivity contribution in [3.05, 3.63) is 44.6 Å². The maximum absolute atomic E-state index is 12.2. The molecule has 1 aliphatic heterocycles. The Kier molecular flexibility index (Phi) is 9.29. The molecule has 1 atom stereocenters. The summed E-state index contributed by atoms with van der Waals surface area (Å²) in [6, 6.07) is 0. The van der Waals surface area contributed by atoms with E-state index in [1.54, 1.807) is 13.0 Å². The summed E-state index contributed by atoms with van der Waals surface area (Å²) in [5, 5.41) is 0. The van der Waals surface area contributed by atoms with Crippen LogP contribution in [0.4, 0.5) is 0 Å². The number of carbonyl (C=O) groups excluding carboxylic acids is 2. The molecule has 4 nitrogen and oxygen atoms in total. The first-order chi connectivity index (χ1) is 11.4. The molecule has 0 fully saturated rings. The zero-order valence-electron chi connectivity index (χ0n) is 14.1. The Balaban J connectivity index is 2.86. The summed E-state index contributed by atoms with van der Waals surface area (Å²) in [7, 11) is 0. The van der Waals surface area contributed by atoms with Crippen LogP contribution in [0.25, 0.3) is 0 Å². The summed E-state index contributed by atoms with van der Waals surface area (Å²) in [6.07, 6.45) is 9.25. The van der Waals surface area contributed by atoms with Gasteiger partial charge < -0.3 is 9.47 Å². The Morgan fingerprint density at radius 2 is 1.96 bits per heavy atom. The van der Waals surface area contributed by atoms with Crippen molar-refractivity contribution in [3.8, 4) is 0 Å². The molecule has 1 aliphatic rings. The summed E-state index contributed by atoms with van der Waals surface area (Å²) >= 11 is 6.69. The van der Waals surface area contributed by atoms with Gasteiger partial charge in [-0.1, -0.05) is 60.5 Å². The van der Waals surface area contributed by atoms with E-state index in [4.69, 9.17) is 9.47 Å². The lowest BCUT2D eigenvalue weighted by Gasteiger charge is -2.16. The van der Waals surface area contributed by atoms with Crippen LogP contribution in [0.2, 0.25) is 0 Å². The molecule has 0 aromatic carbocycles. The number of halogens is 2. The Bertz CT molecular complexity index is 596. The molecule has 24 heavy (non-hydrogen) atoms. The molecule has 0 aromatic rings. The van der Waals surface area contributed by atoms with Gasteiger partial charge in [-0.2, -0.15) is 0 Å². The monoisotopic (exact) mass is 460 g/mol. The number of esters is 2. The molecule has 6 heteroatoms. The fourth-order valence-electron chi connectivity index (χ4n) is 2.09. The van der Waals surface area contributed by atoms with E-state index in [1.807, 2.05) is 32.1 Å². The quantitative estimate of drug-likeness (QED) is 0.356. The molecule has 0 amide bonds. The molecule has 1 rings (SSSR count). The fraction of sp³-hybridized carbons (Fsp3) is 0.444. The molecule has 0 aromatic heterocycles. The maximum atomic E-state index is 12.2. The molecule has 1 heterocycles. The molecule has 1 unspecified atom stereocenters. The zero-order valence-corrected chi connectivity index (χ0v) is 17.3. The van der Waals surface area contributed by atoms with Crippen LogP contribution in [0.1, 0.15) is 46.5 Å². The topological polar surface area (TPSA) is 52.6 Å². The highest BCUT2D eigenvalue weighted by atomic mass is 79.9. The minimum Gasteiger partial charge on any atom is -0.457 e. The normalized spacial score (nSPS) is 18.5. The maximum Gasteiger partial charge on any atom is 0.344 e. The van der Waals surface area contributed by atoms with Gasteiger partial charge in [-0.05, 0) is 35.7 Å². The van der Waals surface area contributed by atoms with Crippen molar-refractivity contribution >= 4 is 43.8 Å². The molecular weight excluding hydrogens is 440 g/mol. The second-order valence-corrected chi connectivity index (χ2v) is 7.20. The number of hydrogen-bond donors (Lipinski definition) is 0. The highest BCUT2D eigenvalue weighted by molar-refractivity contribution is 9.12. The number of cyclic esters (lactones) is 1. The van der Waals surface area contributed by atoms with Crippen molar-refractivity contribution < 1.29 is 19.1 Å². The largest absolute Gasteiger partial charge is 0.457 e. The van der Waals surface area contributed by atoms with Gasteiger partial charge in [0.05, 0.1) is 16.5 Å². The van der Waals surface area contributed by atoms with Gasteiger partial charge in [-0.25, -0.2) is 4.79 Å². The first kappa shape index (κ1) is 20.9. The van der Waals surface area contributed by atoms with Gasteiger partial charge in [-0.15, -0.1) is 0 Å². The summed E-state index contributed by atoms with van der Waals surface area (Å²) in [5.41, 5.74) is 0.355. The Labute approximate surface area is 159 Å². The third-order valence-corrected chi connectivity index (χ3v) is 4.36. The van der Waals surface area contributed by atoms with Crippen LogP contribution in [-0.2, 0) is 19.1 Å². The van der Waals surface area contributed by atoms with Gasteiger partial charge in [0, 0.05) is 4.48 Å². The van der Waals surface area contributed by atoms with E-state index in [9.17, 15) is 9.59 Å². The van der Waals surface area contributed by atoms with Crippen LogP contribution >= 0.6 is 31.9 Å². The second kappa shape index (κ2) is 10.7. The molecule has 0 spiro atoms. The van der Waals surface area contributed by atoms with Gasteiger partial charge in [0.2, 0.25) is 0 Å². The third kappa shape index (κ3) is 6.06. The first-order valence-electron chi connectivity index (χ1n) is 7.92. The van der Waals surface area contributed by atoms with Crippen LogP contribution in [-0.4, -0.2) is 18.0 Å². The van der Waals surface area contributed by atoms with Crippen LogP contribution in [0, 0.1) is 0 Å². The third-order valence-electron chi connectivity index (χ3n) is 3.21. The van der Waals surface area contributed by atoms with E-state index in [-0.39, 0.29) is 12.4 Å². The Morgan fingerprint density at radius 3 is 2.50 bits per heavy atom. The van der Waals surface area contributed by atoms with E-state index in [0.29, 0.717) is 26.7 Å². The molecular formula is C18H22Br2O4. The van der Waals surface area contributed by atoms with Crippen molar-refractivity contribution in [2.24, 2.45) is 0 Å². The van der Waals surface area contributed by atoms with E-state index < -0.39 is 12.1 Å². The SMILES string of the molecule is CC/C=C/C=C/CC(=O)OC(CCC)C1=C(Br)/C(=C(\C)Br)OC1=O. The van der Waals surface area contributed by atoms with Crippen molar-refractivity contribution in [1.29, 1.82) is 0 Å². The van der Waals surface area contributed by atoms with Crippen LogP contribution in [0.15, 0.2) is 44.6 Å². The van der Waals surface area contributed by atoms with Gasteiger partial charge >= 0.3 is 11.9 Å². The minimum absolute atomic E-state index is 0.161. The molecule has 0 radical (unpaired) electrons. The predicted molar refractivity (Wildman–Crippen MR) is 102 cm³/mol. The van der Waals surface area contributed by atoms with Gasteiger partial charge in [-0.3, -0.25) is 4.79 Å². The van der Waals surface area contributed by atoms with E-state index in [1.165, 1.54) is 0 Å². The zero-order chi connectivity index (χ0) is 18.1. The highest BCUT2D eigenvalue weighted by Gasteiger charge is 2.36. The molecule has 0 aliphatic carbocycles. The Hall–Kier alpha value is -1.14. The number of carbonyl (C=O) groups is 2. The lowest BCUT2D eigenvalue weighted by atomic mass is 10.1. The van der Waals surface area contributed by atoms with Gasteiger partial charge in [0.25, 0.3) is 0 Å². The van der Waals surface area contributed by atoms with E-state index in [2.05, 4.69) is 31.9 Å². The van der Waals surface area contributed by atoms with Gasteiger partial charge in [0.15, 0.2) is 5.76 Å². The Morgan fingerprint density at radius 1 is 1.29 bits per heavy atom. The lowest BCUT2D eigenvalue weighted by molar-refractivity contribution is -0.147. The molecule has 0 saturated heterocycles. The predicted octanol–water partition coefficient (Wildman–Crippen LogP) is 5.44. The standard InChI is InChI=1S/C18H22Br2O4/c1-4-6-7-8-9-11-14(21)23-13(10-5-2)15-16(20)17(12(3)19)24-18(15)22/h6-9,13H,4-5,10-11H2,1-3H3/b7-6+,9-8+,17-12-. The van der Waals surface area contributed by atoms with E-state index >= 15 is 0 Å². The smallest absolute Gasteiger partial charge is 0.344 e. The number of hydrogen-bond acceptors (Lipinski definition) is 4. The van der Waals surface area contributed by atoms with Crippen molar-refractivity contribution in [2.45, 2.75) is 52.6 Å². The second-order valence-electron chi connectivity index (χ2n) is 5.22. The summed E-state index contributed by atoms with van der Waals surface area (Å²) in [4.78, 5) is 24.2. The average Bonchev–Trinajstić information content (AvgIpc) is 2.82. The van der Waals surface area contributed by atoms with Crippen molar-refractivity contribution in [1.82, 2.24) is 0 Å². The van der Waals surface area contributed by atoms with Crippen molar-refractivity contribution in [2.75, 3.05) is 0 Å². The number of rotatable bonds is 8. The first-order valence-corrected chi connectivity index (χ1v) is 9.50. The van der Waals surface area contributed by atoms with Crippen LogP contribution < -0.4 is 0 Å². The molecule has 132 valence electrons. The highest BCUT2D eigenvalue weighted by Crippen LogP contribution is 2.37. The van der Waals surface area contributed by atoms with Crippen LogP contribution in [0.5, 0.6) is 0 Å². The summed E-state index contributed by atoms with van der Waals surface area (Å²) < 4.78 is 12.0. The number of ether oxygens (including phenoxy) is 2. The molecule has 0 N–H and O–H groups in total. The van der Waals surface area contributed by atoms with E-state index in [0.717, 1.165) is 12.8 Å².